The molecule has 1 aromatic rings. The largest absolute Gasteiger partial charge is 0.494 e. The van der Waals surface area contributed by atoms with E-state index in [1.165, 1.54) is 12.8 Å². The summed E-state index contributed by atoms with van der Waals surface area (Å²) in [6, 6.07) is 7.96. The van der Waals surface area contributed by atoms with Crippen molar-refractivity contribution in [2.45, 2.75) is 32.1 Å². The van der Waals surface area contributed by atoms with E-state index < -0.39 is 0 Å². The van der Waals surface area contributed by atoms with Crippen LogP contribution in [0.2, 0.25) is 0 Å². The average Bonchev–Trinajstić information content (AvgIpc) is 2.25. The molecule has 78 valence electrons. The Hall–Kier alpha value is -0.690. The maximum Gasteiger partial charge on any atom is 0.119 e. The summed E-state index contributed by atoms with van der Waals surface area (Å²) in [5.74, 6) is 1.51. The molecular formula is C12H17ClO. The monoisotopic (exact) mass is 212 g/mol. The van der Waals surface area contributed by atoms with Crippen LogP contribution in [0, 0.1) is 0 Å². The van der Waals surface area contributed by atoms with E-state index >= 15 is 0 Å². The quantitative estimate of drug-likeness (QED) is 0.512. The maximum atomic E-state index is 5.68. The van der Waals surface area contributed by atoms with Crippen LogP contribution in [0.25, 0.3) is 0 Å². The molecule has 0 fully saturated rings. The van der Waals surface area contributed by atoms with Crippen molar-refractivity contribution in [2.24, 2.45) is 0 Å². The molecule has 0 heterocycles. The minimum Gasteiger partial charge on any atom is -0.494 e. The molecule has 0 bridgehead atoms. The summed E-state index contributed by atoms with van der Waals surface area (Å²) in [6.45, 7) is 3.00. The second-order valence-corrected chi connectivity index (χ2v) is 3.60. The highest BCUT2D eigenvalue weighted by Crippen LogP contribution is 2.13. The summed E-state index contributed by atoms with van der Waals surface area (Å²) in [4.78, 5) is 0. The summed E-state index contributed by atoms with van der Waals surface area (Å²) < 4.78 is 5.56. The van der Waals surface area contributed by atoms with E-state index in [1.54, 1.807) is 0 Å². The third-order valence-corrected chi connectivity index (χ3v) is 2.40. The Labute approximate surface area is 91.0 Å². The van der Waals surface area contributed by atoms with Gasteiger partial charge in [0, 0.05) is 5.88 Å². The molecular weight excluding hydrogens is 196 g/mol. The van der Waals surface area contributed by atoms with Crippen molar-refractivity contribution in [3.63, 3.8) is 0 Å². The normalized spacial score (nSPS) is 10.1. The first-order valence-corrected chi connectivity index (χ1v) is 5.68. The van der Waals surface area contributed by atoms with Crippen LogP contribution < -0.4 is 4.74 Å². The zero-order valence-electron chi connectivity index (χ0n) is 8.63. The number of hydrogen-bond donors (Lipinski definition) is 0. The van der Waals surface area contributed by atoms with Gasteiger partial charge in [-0.3, -0.25) is 0 Å². The Balaban J connectivity index is 2.29. The minimum absolute atomic E-state index is 0.566. The zero-order chi connectivity index (χ0) is 10.2. The molecule has 14 heavy (non-hydrogen) atoms. The van der Waals surface area contributed by atoms with Crippen molar-refractivity contribution in [3.8, 4) is 5.75 Å². The van der Waals surface area contributed by atoms with Gasteiger partial charge < -0.3 is 4.74 Å². The fraction of sp³-hybridized carbons (Fsp3) is 0.500. The van der Waals surface area contributed by atoms with Crippen LogP contribution in [0.3, 0.4) is 0 Å². The molecule has 0 saturated carbocycles. The SMILES string of the molecule is CCCCCOc1ccc(CCl)cc1. The molecule has 1 aromatic carbocycles. The van der Waals surface area contributed by atoms with Crippen molar-refractivity contribution < 1.29 is 4.74 Å². The van der Waals surface area contributed by atoms with Crippen LogP contribution in [0.5, 0.6) is 5.75 Å². The van der Waals surface area contributed by atoms with Gasteiger partial charge in [-0.25, -0.2) is 0 Å². The van der Waals surface area contributed by atoms with Gasteiger partial charge in [0.2, 0.25) is 0 Å². The molecule has 0 saturated heterocycles. The van der Waals surface area contributed by atoms with Crippen LogP contribution in [-0.2, 0) is 5.88 Å². The summed E-state index contributed by atoms with van der Waals surface area (Å²) in [5, 5.41) is 0. The molecule has 0 aliphatic carbocycles. The van der Waals surface area contributed by atoms with Gasteiger partial charge in [-0.2, -0.15) is 0 Å². The Kier molecular flexibility index (Phi) is 5.46. The minimum atomic E-state index is 0.566. The molecule has 0 spiro atoms. The number of rotatable bonds is 6. The topological polar surface area (TPSA) is 9.23 Å². The summed E-state index contributed by atoms with van der Waals surface area (Å²) in [6.07, 6.45) is 3.60. The number of halogens is 1. The zero-order valence-corrected chi connectivity index (χ0v) is 9.39. The highest BCUT2D eigenvalue weighted by Gasteiger charge is 1.94. The molecule has 1 rings (SSSR count). The van der Waals surface area contributed by atoms with Gasteiger partial charge in [-0.1, -0.05) is 31.9 Å². The molecule has 0 aliphatic heterocycles. The molecule has 0 amide bonds. The van der Waals surface area contributed by atoms with E-state index in [0.717, 1.165) is 24.3 Å². The van der Waals surface area contributed by atoms with Crippen LogP contribution in [-0.4, -0.2) is 6.61 Å². The smallest absolute Gasteiger partial charge is 0.119 e. The van der Waals surface area contributed by atoms with E-state index in [2.05, 4.69) is 6.92 Å². The van der Waals surface area contributed by atoms with Crippen LogP contribution in [0.4, 0.5) is 0 Å². The Morgan fingerprint density at radius 1 is 1.14 bits per heavy atom. The molecule has 0 unspecified atom stereocenters. The van der Waals surface area contributed by atoms with Crippen LogP contribution in [0.15, 0.2) is 24.3 Å². The fourth-order valence-electron chi connectivity index (χ4n) is 1.22. The highest BCUT2D eigenvalue weighted by atomic mass is 35.5. The predicted molar refractivity (Wildman–Crippen MR) is 61.0 cm³/mol. The van der Waals surface area contributed by atoms with E-state index in [-0.39, 0.29) is 0 Å². The van der Waals surface area contributed by atoms with Crippen molar-refractivity contribution in [3.05, 3.63) is 29.8 Å². The average molecular weight is 213 g/mol. The van der Waals surface area contributed by atoms with Crippen molar-refractivity contribution >= 4 is 11.6 Å². The number of unbranched alkanes of at least 4 members (excludes halogenated alkanes) is 2. The van der Waals surface area contributed by atoms with Gasteiger partial charge in [-0.05, 0) is 24.1 Å². The number of alkyl halides is 1. The first-order chi connectivity index (χ1) is 6.86. The van der Waals surface area contributed by atoms with Crippen molar-refractivity contribution in [1.29, 1.82) is 0 Å². The van der Waals surface area contributed by atoms with Gasteiger partial charge in [0.05, 0.1) is 6.61 Å². The number of hydrogen-bond acceptors (Lipinski definition) is 1. The molecule has 0 N–H and O–H groups in total. The molecule has 1 nitrogen and oxygen atoms in total. The Morgan fingerprint density at radius 3 is 2.43 bits per heavy atom. The van der Waals surface area contributed by atoms with E-state index in [9.17, 15) is 0 Å². The molecule has 0 radical (unpaired) electrons. The third kappa shape index (κ3) is 4.01. The van der Waals surface area contributed by atoms with Gasteiger partial charge >= 0.3 is 0 Å². The predicted octanol–water partition coefficient (Wildman–Crippen LogP) is 3.99. The van der Waals surface area contributed by atoms with E-state index in [0.29, 0.717) is 5.88 Å². The summed E-state index contributed by atoms with van der Waals surface area (Å²) in [5.41, 5.74) is 1.13. The Morgan fingerprint density at radius 2 is 1.86 bits per heavy atom. The first-order valence-electron chi connectivity index (χ1n) is 5.14. The standard InChI is InChI=1S/C12H17ClO/c1-2-3-4-9-14-12-7-5-11(10-13)6-8-12/h5-8H,2-4,9-10H2,1H3. The summed E-state index contributed by atoms with van der Waals surface area (Å²) >= 11 is 5.68. The molecule has 0 atom stereocenters. The van der Waals surface area contributed by atoms with Gasteiger partial charge in [0.25, 0.3) is 0 Å². The lowest BCUT2D eigenvalue weighted by Gasteiger charge is -2.05. The van der Waals surface area contributed by atoms with Gasteiger partial charge in [-0.15, -0.1) is 11.6 Å². The van der Waals surface area contributed by atoms with E-state index in [1.807, 2.05) is 24.3 Å². The lowest BCUT2D eigenvalue weighted by atomic mass is 10.2. The Bertz CT molecular complexity index is 243. The highest BCUT2D eigenvalue weighted by molar-refractivity contribution is 6.17. The van der Waals surface area contributed by atoms with Gasteiger partial charge in [0.15, 0.2) is 0 Å². The second kappa shape index (κ2) is 6.72. The lowest BCUT2D eigenvalue weighted by Crippen LogP contribution is -1.96. The first kappa shape index (κ1) is 11.4. The van der Waals surface area contributed by atoms with Crippen LogP contribution in [0.1, 0.15) is 31.7 Å². The maximum absolute atomic E-state index is 5.68. The number of ether oxygens (including phenoxy) is 1. The van der Waals surface area contributed by atoms with Crippen molar-refractivity contribution in [1.82, 2.24) is 0 Å². The van der Waals surface area contributed by atoms with Gasteiger partial charge in [0.1, 0.15) is 5.75 Å². The van der Waals surface area contributed by atoms with Crippen LogP contribution >= 0.6 is 11.6 Å². The van der Waals surface area contributed by atoms with Crippen molar-refractivity contribution in [2.75, 3.05) is 6.61 Å². The summed E-state index contributed by atoms with van der Waals surface area (Å²) in [7, 11) is 0. The molecule has 0 aliphatic rings. The third-order valence-electron chi connectivity index (χ3n) is 2.09. The van der Waals surface area contributed by atoms with E-state index in [4.69, 9.17) is 16.3 Å². The number of benzene rings is 1. The molecule has 0 aromatic heterocycles. The lowest BCUT2D eigenvalue weighted by molar-refractivity contribution is 0.306. The fourth-order valence-corrected chi connectivity index (χ4v) is 1.40. The second-order valence-electron chi connectivity index (χ2n) is 3.33. The molecule has 2 heteroatoms.